The second kappa shape index (κ2) is 12.5. The van der Waals surface area contributed by atoms with Crippen molar-refractivity contribution in [2.75, 3.05) is 18.4 Å². The second-order valence-corrected chi connectivity index (χ2v) is 6.42. The average molecular weight is 412 g/mol. The largest absolute Gasteiger partial charge is 0.487 e. The van der Waals surface area contributed by atoms with E-state index in [-0.39, 0.29) is 30.7 Å². The summed E-state index contributed by atoms with van der Waals surface area (Å²) in [6.45, 7) is 2.55. The Balaban J connectivity index is 0.00000182. The first-order valence-corrected chi connectivity index (χ1v) is 8.93. The lowest BCUT2D eigenvalue weighted by Gasteiger charge is -2.22. The Morgan fingerprint density at radius 1 is 1.15 bits per heavy atom. The van der Waals surface area contributed by atoms with Gasteiger partial charge in [-0.15, -0.1) is 24.8 Å². The molecule has 2 heterocycles. The SMILES string of the molecule is Cl.Cl.O=C(CCC1CCNCC1)Nc1cccc(OCc2ccccn2)c1. The van der Waals surface area contributed by atoms with E-state index in [1.807, 2.05) is 42.5 Å². The van der Waals surface area contributed by atoms with Gasteiger partial charge in [0.25, 0.3) is 0 Å². The summed E-state index contributed by atoms with van der Waals surface area (Å²) >= 11 is 0. The van der Waals surface area contributed by atoms with Crippen LogP contribution in [-0.2, 0) is 11.4 Å². The van der Waals surface area contributed by atoms with Crippen LogP contribution in [0.25, 0.3) is 0 Å². The minimum Gasteiger partial charge on any atom is -0.487 e. The molecule has 27 heavy (non-hydrogen) atoms. The Hall–Kier alpha value is -1.82. The maximum Gasteiger partial charge on any atom is 0.224 e. The number of pyridine rings is 1. The molecule has 0 spiro atoms. The summed E-state index contributed by atoms with van der Waals surface area (Å²) in [5.74, 6) is 1.46. The smallest absolute Gasteiger partial charge is 0.224 e. The highest BCUT2D eigenvalue weighted by Crippen LogP contribution is 2.20. The number of anilines is 1. The zero-order chi connectivity index (χ0) is 17.3. The number of hydrogen-bond donors (Lipinski definition) is 2. The zero-order valence-corrected chi connectivity index (χ0v) is 16.9. The first kappa shape index (κ1) is 23.2. The van der Waals surface area contributed by atoms with Gasteiger partial charge in [0.15, 0.2) is 0 Å². The van der Waals surface area contributed by atoms with E-state index in [0.717, 1.165) is 36.6 Å². The van der Waals surface area contributed by atoms with Crippen LogP contribution in [0.4, 0.5) is 5.69 Å². The van der Waals surface area contributed by atoms with E-state index in [1.54, 1.807) is 6.20 Å². The van der Waals surface area contributed by atoms with Gasteiger partial charge in [0.05, 0.1) is 5.69 Å². The van der Waals surface area contributed by atoms with Crippen molar-refractivity contribution < 1.29 is 9.53 Å². The van der Waals surface area contributed by atoms with Crippen LogP contribution >= 0.6 is 24.8 Å². The number of rotatable bonds is 7. The molecule has 1 amide bonds. The van der Waals surface area contributed by atoms with E-state index < -0.39 is 0 Å². The van der Waals surface area contributed by atoms with E-state index in [4.69, 9.17) is 4.74 Å². The van der Waals surface area contributed by atoms with E-state index >= 15 is 0 Å². The molecule has 0 bridgehead atoms. The molecule has 0 atom stereocenters. The molecule has 1 aliphatic heterocycles. The molecule has 0 radical (unpaired) electrons. The van der Waals surface area contributed by atoms with E-state index in [9.17, 15) is 4.79 Å². The molecule has 0 saturated carbocycles. The number of nitrogens with one attached hydrogen (secondary N) is 2. The lowest BCUT2D eigenvalue weighted by molar-refractivity contribution is -0.116. The highest BCUT2D eigenvalue weighted by molar-refractivity contribution is 5.90. The summed E-state index contributed by atoms with van der Waals surface area (Å²) in [5, 5.41) is 6.32. The fourth-order valence-corrected chi connectivity index (χ4v) is 3.03. The Bertz CT molecular complexity index is 680. The van der Waals surface area contributed by atoms with Crippen LogP contribution in [0.1, 0.15) is 31.4 Å². The van der Waals surface area contributed by atoms with Gasteiger partial charge in [-0.2, -0.15) is 0 Å². The third kappa shape index (κ3) is 8.16. The number of nitrogens with zero attached hydrogens (tertiary/aromatic N) is 1. The monoisotopic (exact) mass is 411 g/mol. The highest BCUT2D eigenvalue weighted by atomic mass is 35.5. The molecule has 1 aromatic heterocycles. The number of amides is 1. The molecule has 7 heteroatoms. The number of carbonyl (C=O) groups is 1. The lowest BCUT2D eigenvalue weighted by Crippen LogP contribution is -2.28. The molecule has 5 nitrogen and oxygen atoms in total. The van der Waals surface area contributed by atoms with Crippen LogP contribution in [0.15, 0.2) is 48.7 Å². The molecular formula is C20H27Cl2N3O2. The maximum absolute atomic E-state index is 12.2. The van der Waals surface area contributed by atoms with Crippen molar-refractivity contribution in [2.24, 2.45) is 5.92 Å². The Morgan fingerprint density at radius 3 is 2.70 bits per heavy atom. The predicted octanol–water partition coefficient (Wildman–Crippen LogP) is 4.22. The quantitative estimate of drug-likeness (QED) is 0.715. The van der Waals surface area contributed by atoms with Crippen molar-refractivity contribution in [1.29, 1.82) is 0 Å². The molecule has 2 N–H and O–H groups in total. The van der Waals surface area contributed by atoms with E-state index in [0.29, 0.717) is 18.9 Å². The summed E-state index contributed by atoms with van der Waals surface area (Å²) in [7, 11) is 0. The molecular weight excluding hydrogens is 385 g/mol. The Labute approximate surface area is 173 Å². The first-order chi connectivity index (χ1) is 12.3. The second-order valence-electron chi connectivity index (χ2n) is 6.42. The molecule has 148 valence electrons. The molecule has 1 fully saturated rings. The Morgan fingerprint density at radius 2 is 1.96 bits per heavy atom. The third-order valence-electron chi connectivity index (χ3n) is 4.47. The van der Waals surface area contributed by atoms with Crippen molar-refractivity contribution in [1.82, 2.24) is 10.3 Å². The lowest BCUT2D eigenvalue weighted by atomic mass is 9.93. The van der Waals surface area contributed by atoms with Crippen LogP contribution in [-0.4, -0.2) is 24.0 Å². The maximum atomic E-state index is 12.2. The van der Waals surface area contributed by atoms with Crippen molar-refractivity contribution in [2.45, 2.75) is 32.3 Å². The van der Waals surface area contributed by atoms with Crippen LogP contribution in [0.3, 0.4) is 0 Å². The summed E-state index contributed by atoms with van der Waals surface area (Å²) in [6.07, 6.45) is 5.62. The van der Waals surface area contributed by atoms with Gasteiger partial charge in [0.2, 0.25) is 5.91 Å². The minimum absolute atomic E-state index is 0. The van der Waals surface area contributed by atoms with Crippen molar-refractivity contribution in [3.05, 3.63) is 54.4 Å². The predicted molar refractivity (Wildman–Crippen MR) is 113 cm³/mol. The highest BCUT2D eigenvalue weighted by Gasteiger charge is 2.14. The fraction of sp³-hybridized carbons (Fsp3) is 0.400. The standard InChI is InChI=1S/C20H25N3O2.2ClH/c24-20(8-7-16-9-12-21-13-10-16)23-17-5-3-6-19(14-17)25-15-18-4-1-2-11-22-18;;/h1-6,11,14,16,21H,7-10,12-13,15H2,(H,23,24);2*1H. The van der Waals surface area contributed by atoms with Gasteiger partial charge in [0, 0.05) is 24.4 Å². The van der Waals surface area contributed by atoms with Crippen LogP contribution in [0.5, 0.6) is 5.75 Å². The van der Waals surface area contributed by atoms with Gasteiger partial charge < -0.3 is 15.4 Å². The molecule has 0 unspecified atom stereocenters. The number of piperidine rings is 1. The summed E-state index contributed by atoms with van der Waals surface area (Å²) in [5.41, 5.74) is 1.65. The zero-order valence-electron chi connectivity index (χ0n) is 15.2. The van der Waals surface area contributed by atoms with Crippen molar-refractivity contribution >= 4 is 36.4 Å². The topological polar surface area (TPSA) is 63.2 Å². The van der Waals surface area contributed by atoms with E-state index in [2.05, 4.69) is 15.6 Å². The normalized spacial score (nSPS) is 13.8. The number of hydrogen-bond acceptors (Lipinski definition) is 4. The van der Waals surface area contributed by atoms with Crippen molar-refractivity contribution in [3.63, 3.8) is 0 Å². The van der Waals surface area contributed by atoms with Gasteiger partial charge in [-0.25, -0.2) is 0 Å². The number of carbonyl (C=O) groups excluding carboxylic acids is 1. The summed E-state index contributed by atoms with van der Waals surface area (Å²) < 4.78 is 5.75. The van der Waals surface area contributed by atoms with Crippen LogP contribution < -0.4 is 15.4 Å². The molecule has 1 saturated heterocycles. The summed E-state index contributed by atoms with van der Waals surface area (Å²) in [4.78, 5) is 16.4. The Kier molecular flexibility index (Phi) is 10.8. The third-order valence-corrected chi connectivity index (χ3v) is 4.47. The minimum atomic E-state index is 0. The number of halogens is 2. The molecule has 1 aliphatic rings. The fourth-order valence-electron chi connectivity index (χ4n) is 3.03. The number of ether oxygens (including phenoxy) is 1. The molecule has 1 aromatic carbocycles. The molecule has 2 aromatic rings. The van der Waals surface area contributed by atoms with Crippen LogP contribution in [0.2, 0.25) is 0 Å². The first-order valence-electron chi connectivity index (χ1n) is 8.93. The average Bonchev–Trinajstić information content (AvgIpc) is 2.67. The van der Waals surface area contributed by atoms with Gasteiger partial charge in [0.1, 0.15) is 12.4 Å². The van der Waals surface area contributed by atoms with Gasteiger partial charge in [-0.3, -0.25) is 9.78 Å². The van der Waals surface area contributed by atoms with Gasteiger partial charge in [-0.1, -0.05) is 12.1 Å². The van der Waals surface area contributed by atoms with Gasteiger partial charge >= 0.3 is 0 Å². The van der Waals surface area contributed by atoms with Crippen LogP contribution in [0, 0.1) is 5.92 Å². The van der Waals surface area contributed by atoms with E-state index in [1.165, 1.54) is 12.8 Å². The molecule has 0 aliphatic carbocycles. The summed E-state index contributed by atoms with van der Waals surface area (Å²) in [6, 6.07) is 13.2. The molecule has 3 rings (SSSR count). The number of aromatic nitrogens is 1. The number of benzene rings is 1. The van der Waals surface area contributed by atoms with Gasteiger partial charge in [-0.05, 0) is 62.5 Å². The van der Waals surface area contributed by atoms with Crippen molar-refractivity contribution in [3.8, 4) is 5.75 Å².